The van der Waals surface area contributed by atoms with E-state index >= 15 is 0 Å². The number of carbonyl (C=O) groups is 2. The zero-order valence-electron chi connectivity index (χ0n) is 17.6. The Labute approximate surface area is 173 Å². The standard InChI is InChI=1S/C23H34FN3O2/c1-25(22(28)19-7-3-2-4-8-19)13-5-6-14-26-15-17-27(18-16-26)23(29)20-9-11-21(24)12-10-20/h9-12,19H,2-8,13-18H2,1H3. The first-order chi connectivity index (χ1) is 14.0. The van der Waals surface area contributed by atoms with Crippen LogP contribution in [0, 0.1) is 11.7 Å². The average molecular weight is 404 g/mol. The van der Waals surface area contributed by atoms with Crippen molar-refractivity contribution in [2.45, 2.75) is 44.9 Å². The number of rotatable bonds is 7. The number of piperazine rings is 1. The van der Waals surface area contributed by atoms with E-state index in [1.807, 2.05) is 16.8 Å². The molecular formula is C23H34FN3O2. The van der Waals surface area contributed by atoms with E-state index in [9.17, 15) is 14.0 Å². The zero-order chi connectivity index (χ0) is 20.6. The van der Waals surface area contributed by atoms with Gasteiger partial charge in [0.2, 0.25) is 5.91 Å². The van der Waals surface area contributed by atoms with Gasteiger partial charge in [-0.1, -0.05) is 19.3 Å². The number of unbranched alkanes of at least 4 members (excludes halogenated alkanes) is 1. The van der Waals surface area contributed by atoms with Gasteiger partial charge in [0, 0.05) is 51.3 Å². The molecule has 5 nitrogen and oxygen atoms in total. The summed E-state index contributed by atoms with van der Waals surface area (Å²) in [6, 6.07) is 5.77. The third-order valence-electron chi connectivity index (χ3n) is 6.30. The Morgan fingerprint density at radius 2 is 1.66 bits per heavy atom. The second kappa shape index (κ2) is 10.7. The molecule has 0 spiro atoms. The molecule has 2 fully saturated rings. The Kier molecular flexibility index (Phi) is 8.04. The highest BCUT2D eigenvalue weighted by molar-refractivity contribution is 5.94. The van der Waals surface area contributed by atoms with Crippen LogP contribution >= 0.6 is 0 Å². The summed E-state index contributed by atoms with van der Waals surface area (Å²) in [5.41, 5.74) is 0.547. The van der Waals surface area contributed by atoms with Gasteiger partial charge in [-0.15, -0.1) is 0 Å². The first kappa shape index (κ1) is 21.8. The molecule has 0 bridgehead atoms. The van der Waals surface area contributed by atoms with Crippen LogP contribution in [0.2, 0.25) is 0 Å². The molecule has 2 aliphatic rings. The molecule has 1 heterocycles. The molecular weight excluding hydrogens is 369 g/mol. The SMILES string of the molecule is CN(CCCCN1CCN(C(=O)c2ccc(F)cc2)CC1)C(=O)C1CCCCC1. The van der Waals surface area contributed by atoms with Crippen LogP contribution in [0.5, 0.6) is 0 Å². The van der Waals surface area contributed by atoms with E-state index in [2.05, 4.69) is 4.90 Å². The van der Waals surface area contributed by atoms with E-state index in [0.29, 0.717) is 24.6 Å². The second-order valence-electron chi connectivity index (χ2n) is 8.44. The summed E-state index contributed by atoms with van der Waals surface area (Å²) in [5.74, 6) is 0.239. The Hall–Kier alpha value is -1.95. The van der Waals surface area contributed by atoms with Crippen molar-refractivity contribution >= 4 is 11.8 Å². The summed E-state index contributed by atoms with van der Waals surface area (Å²) >= 11 is 0. The van der Waals surface area contributed by atoms with E-state index in [0.717, 1.165) is 51.9 Å². The molecule has 160 valence electrons. The van der Waals surface area contributed by atoms with Gasteiger partial charge < -0.3 is 9.80 Å². The maximum absolute atomic E-state index is 13.0. The van der Waals surface area contributed by atoms with E-state index in [1.165, 1.54) is 31.4 Å². The van der Waals surface area contributed by atoms with Crippen LogP contribution in [0.1, 0.15) is 55.3 Å². The van der Waals surface area contributed by atoms with Crippen LogP contribution in [-0.2, 0) is 4.79 Å². The molecule has 0 radical (unpaired) electrons. The lowest BCUT2D eigenvalue weighted by Gasteiger charge is -2.35. The Morgan fingerprint density at radius 3 is 2.31 bits per heavy atom. The smallest absolute Gasteiger partial charge is 0.253 e. The maximum atomic E-state index is 13.0. The normalized spacial score (nSPS) is 18.6. The van der Waals surface area contributed by atoms with Crippen LogP contribution < -0.4 is 0 Å². The summed E-state index contributed by atoms with van der Waals surface area (Å²) in [6.45, 7) is 4.97. The Balaban J connectivity index is 1.31. The van der Waals surface area contributed by atoms with Crippen molar-refractivity contribution in [2.24, 2.45) is 5.92 Å². The van der Waals surface area contributed by atoms with Crippen molar-refractivity contribution in [2.75, 3.05) is 46.3 Å². The molecule has 0 aromatic heterocycles. The van der Waals surface area contributed by atoms with Crippen molar-refractivity contribution in [3.63, 3.8) is 0 Å². The van der Waals surface area contributed by atoms with Gasteiger partial charge in [-0.25, -0.2) is 4.39 Å². The van der Waals surface area contributed by atoms with Gasteiger partial charge in [-0.2, -0.15) is 0 Å². The lowest BCUT2D eigenvalue weighted by molar-refractivity contribution is -0.135. The van der Waals surface area contributed by atoms with Crippen molar-refractivity contribution in [1.29, 1.82) is 0 Å². The van der Waals surface area contributed by atoms with Crippen LogP contribution in [0.25, 0.3) is 0 Å². The molecule has 0 unspecified atom stereocenters. The minimum atomic E-state index is -0.322. The lowest BCUT2D eigenvalue weighted by Crippen LogP contribution is -2.48. The lowest BCUT2D eigenvalue weighted by atomic mass is 9.88. The highest BCUT2D eigenvalue weighted by Gasteiger charge is 2.24. The fraction of sp³-hybridized carbons (Fsp3) is 0.652. The van der Waals surface area contributed by atoms with Crippen LogP contribution in [0.3, 0.4) is 0 Å². The van der Waals surface area contributed by atoms with Crippen LogP contribution in [0.15, 0.2) is 24.3 Å². The van der Waals surface area contributed by atoms with Crippen molar-refractivity contribution in [1.82, 2.24) is 14.7 Å². The molecule has 2 amide bonds. The second-order valence-corrected chi connectivity index (χ2v) is 8.44. The molecule has 1 saturated heterocycles. The minimum absolute atomic E-state index is 0.0208. The van der Waals surface area contributed by atoms with Gasteiger partial charge in [0.05, 0.1) is 0 Å². The molecule has 3 rings (SSSR count). The van der Waals surface area contributed by atoms with Crippen LogP contribution in [-0.4, -0.2) is 72.8 Å². The summed E-state index contributed by atoms with van der Waals surface area (Å²) in [7, 11) is 1.94. The molecule has 29 heavy (non-hydrogen) atoms. The zero-order valence-corrected chi connectivity index (χ0v) is 17.6. The number of hydrogen-bond acceptors (Lipinski definition) is 3. The predicted octanol–water partition coefficient (Wildman–Crippen LogP) is 3.40. The Morgan fingerprint density at radius 1 is 1.00 bits per heavy atom. The van der Waals surface area contributed by atoms with Crippen LogP contribution in [0.4, 0.5) is 4.39 Å². The van der Waals surface area contributed by atoms with Gasteiger partial charge in [0.1, 0.15) is 5.82 Å². The third kappa shape index (κ3) is 6.26. The first-order valence-electron chi connectivity index (χ1n) is 11.1. The average Bonchev–Trinajstić information content (AvgIpc) is 2.77. The molecule has 1 aromatic rings. The predicted molar refractivity (Wildman–Crippen MR) is 112 cm³/mol. The number of amides is 2. The van der Waals surface area contributed by atoms with Gasteiger partial charge >= 0.3 is 0 Å². The number of hydrogen-bond donors (Lipinski definition) is 0. The van der Waals surface area contributed by atoms with Crippen molar-refractivity contribution in [3.05, 3.63) is 35.6 Å². The number of halogens is 1. The first-order valence-corrected chi connectivity index (χ1v) is 11.1. The molecule has 0 N–H and O–H groups in total. The molecule has 0 atom stereocenters. The number of nitrogens with zero attached hydrogens (tertiary/aromatic N) is 3. The summed E-state index contributed by atoms with van der Waals surface area (Å²) in [6.07, 6.45) is 7.86. The van der Waals surface area contributed by atoms with Gasteiger partial charge in [0.15, 0.2) is 0 Å². The summed E-state index contributed by atoms with van der Waals surface area (Å²) in [5, 5.41) is 0. The topological polar surface area (TPSA) is 43.9 Å². The van der Waals surface area contributed by atoms with Gasteiger partial charge in [0.25, 0.3) is 5.91 Å². The van der Waals surface area contributed by atoms with E-state index in [1.54, 1.807) is 12.1 Å². The summed E-state index contributed by atoms with van der Waals surface area (Å²) < 4.78 is 13.0. The monoisotopic (exact) mass is 403 g/mol. The molecule has 1 aromatic carbocycles. The largest absolute Gasteiger partial charge is 0.346 e. The molecule has 1 saturated carbocycles. The van der Waals surface area contributed by atoms with Crippen molar-refractivity contribution < 1.29 is 14.0 Å². The van der Waals surface area contributed by atoms with Gasteiger partial charge in [-0.05, 0) is 56.5 Å². The van der Waals surface area contributed by atoms with Gasteiger partial charge in [-0.3, -0.25) is 14.5 Å². The van der Waals surface area contributed by atoms with E-state index in [-0.39, 0.29) is 17.6 Å². The highest BCUT2D eigenvalue weighted by atomic mass is 19.1. The van der Waals surface area contributed by atoms with E-state index < -0.39 is 0 Å². The number of carbonyl (C=O) groups excluding carboxylic acids is 2. The molecule has 6 heteroatoms. The summed E-state index contributed by atoms with van der Waals surface area (Å²) in [4.78, 5) is 31.1. The third-order valence-corrected chi connectivity index (χ3v) is 6.30. The molecule has 1 aliphatic heterocycles. The highest BCUT2D eigenvalue weighted by Crippen LogP contribution is 2.25. The fourth-order valence-corrected chi connectivity index (χ4v) is 4.41. The van der Waals surface area contributed by atoms with Crippen molar-refractivity contribution in [3.8, 4) is 0 Å². The van der Waals surface area contributed by atoms with E-state index in [4.69, 9.17) is 0 Å². The fourth-order valence-electron chi connectivity index (χ4n) is 4.41. The Bertz CT molecular complexity index is 665. The molecule has 1 aliphatic carbocycles. The maximum Gasteiger partial charge on any atom is 0.253 e. The quantitative estimate of drug-likeness (QED) is 0.656. The number of benzene rings is 1. The minimum Gasteiger partial charge on any atom is -0.346 e.